The van der Waals surface area contributed by atoms with Crippen LogP contribution in [-0.4, -0.2) is 16.4 Å². The number of ether oxygens (including phenoxy) is 1. The van der Waals surface area contributed by atoms with Crippen molar-refractivity contribution in [3.05, 3.63) is 65.0 Å². The Hall–Kier alpha value is -2.59. The first kappa shape index (κ1) is 20.3. The number of allylic oxidation sites excluding steroid dienone is 2. The van der Waals surface area contributed by atoms with Crippen molar-refractivity contribution in [2.45, 2.75) is 57.4 Å². The molecule has 3 aliphatic carbocycles. The summed E-state index contributed by atoms with van der Waals surface area (Å²) in [5.41, 5.74) is 3.86. The SMILES string of the molecule is CC(=O)NC1(/C=C/c2ccc(Oc3ccc(C4=CCC5(CC4)CC5)cc3Cl)cn2)CC1. The van der Waals surface area contributed by atoms with Gasteiger partial charge in [-0.3, -0.25) is 9.78 Å². The Morgan fingerprint density at radius 1 is 1.16 bits per heavy atom. The van der Waals surface area contributed by atoms with Gasteiger partial charge in [0.25, 0.3) is 0 Å². The maximum Gasteiger partial charge on any atom is 0.217 e. The van der Waals surface area contributed by atoms with Crippen LogP contribution in [0.4, 0.5) is 0 Å². The monoisotopic (exact) mass is 434 g/mol. The summed E-state index contributed by atoms with van der Waals surface area (Å²) in [6.45, 7) is 1.55. The van der Waals surface area contributed by atoms with Crippen LogP contribution in [0.2, 0.25) is 5.02 Å². The smallest absolute Gasteiger partial charge is 0.217 e. The predicted octanol–water partition coefficient (Wildman–Crippen LogP) is 6.56. The molecule has 1 amide bonds. The van der Waals surface area contributed by atoms with E-state index < -0.39 is 0 Å². The molecule has 1 aromatic heterocycles. The minimum absolute atomic E-state index is 0.00615. The number of nitrogens with one attached hydrogen (secondary N) is 1. The van der Waals surface area contributed by atoms with Crippen LogP contribution >= 0.6 is 11.6 Å². The van der Waals surface area contributed by atoms with Crippen LogP contribution in [0.25, 0.3) is 11.6 Å². The van der Waals surface area contributed by atoms with Crippen LogP contribution in [0.1, 0.15) is 63.1 Å². The van der Waals surface area contributed by atoms with E-state index in [0.29, 0.717) is 21.9 Å². The molecule has 2 aromatic rings. The molecule has 2 saturated carbocycles. The zero-order valence-corrected chi connectivity index (χ0v) is 18.5. The minimum atomic E-state index is -0.190. The van der Waals surface area contributed by atoms with E-state index in [9.17, 15) is 4.79 Å². The second-order valence-electron chi connectivity index (χ2n) is 9.27. The van der Waals surface area contributed by atoms with Crippen molar-refractivity contribution in [3.63, 3.8) is 0 Å². The average Bonchev–Trinajstić information content (AvgIpc) is 3.68. The molecule has 1 heterocycles. The van der Waals surface area contributed by atoms with Crippen molar-refractivity contribution >= 4 is 29.2 Å². The fourth-order valence-electron chi connectivity index (χ4n) is 4.36. The Morgan fingerprint density at radius 2 is 2.00 bits per heavy atom. The normalized spacial score (nSPS) is 20.4. The summed E-state index contributed by atoms with van der Waals surface area (Å²) in [7, 11) is 0. The van der Waals surface area contributed by atoms with Gasteiger partial charge < -0.3 is 10.1 Å². The summed E-state index contributed by atoms with van der Waals surface area (Å²) in [5.74, 6) is 1.27. The molecule has 4 nitrogen and oxygen atoms in total. The van der Waals surface area contributed by atoms with Crippen LogP contribution in [0, 0.1) is 5.41 Å². The molecule has 2 fully saturated rings. The molecule has 1 N–H and O–H groups in total. The van der Waals surface area contributed by atoms with Crippen molar-refractivity contribution in [2.75, 3.05) is 0 Å². The topological polar surface area (TPSA) is 51.2 Å². The standard InChI is InChI=1S/C26H27ClN2O2/c1-18(30)29-26(14-15-26)11-8-21-3-4-22(17-28-21)31-24-5-2-20(16-23(24)27)19-6-9-25(10-7-19)12-13-25/h2-6,8,11,16-17H,7,9-10,12-15H2,1H3,(H,29,30)/b11-8+. The Labute approximate surface area is 188 Å². The number of halogens is 1. The summed E-state index contributed by atoms with van der Waals surface area (Å²) in [6, 6.07) is 9.83. The van der Waals surface area contributed by atoms with Gasteiger partial charge in [-0.2, -0.15) is 0 Å². The molecular weight excluding hydrogens is 408 g/mol. The average molecular weight is 435 g/mol. The summed E-state index contributed by atoms with van der Waals surface area (Å²) < 4.78 is 5.96. The molecule has 0 unspecified atom stereocenters. The van der Waals surface area contributed by atoms with Gasteiger partial charge in [-0.25, -0.2) is 0 Å². The highest BCUT2D eigenvalue weighted by Crippen LogP contribution is 2.56. The van der Waals surface area contributed by atoms with Gasteiger partial charge in [0, 0.05) is 6.92 Å². The van der Waals surface area contributed by atoms with Crippen molar-refractivity contribution in [1.29, 1.82) is 0 Å². The van der Waals surface area contributed by atoms with Crippen LogP contribution in [0.5, 0.6) is 11.5 Å². The first-order valence-electron chi connectivity index (χ1n) is 11.1. The highest BCUT2D eigenvalue weighted by atomic mass is 35.5. The minimum Gasteiger partial charge on any atom is -0.454 e. The fraction of sp³-hybridized carbons (Fsp3) is 0.385. The third-order valence-electron chi connectivity index (χ3n) is 6.74. The zero-order chi connectivity index (χ0) is 21.5. The van der Waals surface area contributed by atoms with E-state index >= 15 is 0 Å². The molecule has 0 saturated heterocycles. The lowest BCUT2D eigenvalue weighted by Gasteiger charge is -2.21. The number of amides is 1. The lowest BCUT2D eigenvalue weighted by Crippen LogP contribution is -2.33. The maximum absolute atomic E-state index is 11.3. The Kier molecular flexibility index (Phi) is 5.13. The number of hydrogen-bond acceptors (Lipinski definition) is 3. The summed E-state index contributed by atoms with van der Waals surface area (Å²) in [6.07, 6.45) is 16.4. The van der Waals surface area contributed by atoms with Crippen molar-refractivity contribution < 1.29 is 9.53 Å². The highest BCUT2D eigenvalue weighted by Gasteiger charge is 2.42. The largest absolute Gasteiger partial charge is 0.454 e. The van der Waals surface area contributed by atoms with Gasteiger partial charge in [-0.05, 0) is 91.8 Å². The van der Waals surface area contributed by atoms with Gasteiger partial charge >= 0.3 is 0 Å². The molecular formula is C26H27ClN2O2. The predicted molar refractivity (Wildman–Crippen MR) is 124 cm³/mol. The molecule has 31 heavy (non-hydrogen) atoms. The van der Waals surface area contributed by atoms with Gasteiger partial charge in [0.1, 0.15) is 11.5 Å². The number of rotatable bonds is 6. The summed E-state index contributed by atoms with van der Waals surface area (Å²) in [5, 5.41) is 3.60. The molecule has 0 radical (unpaired) electrons. The molecule has 1 aromatic carbocycles. The third-order valence-corrected chi connectivity index (χ3v) is 7.04. The lowest BCUT2D eigenvalue weighted by molar-refractivity contribution is -0.119. The second-order valence-corrected chi connectivity index (χ2v) is 9.68. The molecule has 1 spiro atoms. The molecule has 3 aliphatic rings. The van der Waals surface area contributed by atoms with Crippen molar-refractivity contribution in [3.8, 4) is 11.5 Å². The number of hydrogen-bond donors (Lipinski definition) is 1. The Morgan fingerprint density at radius 3 is 2.58 bits per heavy atom. The third kappa shape index (κ3) is 4.69. The number of nitrogens with zero attached hydrogens (tertiary/aromatic N) is 1. The van der Waals surface area contributed by atoms with Gasteiger partial charge in [-0.15, -0.1) is 0 Å². The fourth-order valence-corrected chi connectivity index (χ4v) is 4.58. The Balaban J connectivity index is 1.23. The molecule has 0 aliphatic heterocycles. The number of benzene rings is 1. The van der Waals surface area contributed by atoms with Crippen LogP contribution in [0.15, 0.2) is 48.7 Å². The van der Waals surface area contributed by atoms with Gasteiger partial charge in [0.2, 0.25) is 5.91 Å². The van der Waals surface area contributed by atoms with E-state index in [0.717, 1.165) is 25.0 Å². The number of carbonyl (C=O) groups excluding carboxylic acids is 1. The number of pyridine rings is 1. The molecule has 5 rings (SSSR count). The summed E-state index contributed by atoms with van der Waals surface area (Å²) in [4.78, 5) is 15.8. The van der Waals surface area contributed by atoms with Crippen molar-refractivity contribution in [2.24, 2.45) is 5.41 Å². The number of carbonyl (C=O) groups is 1. The molecule has 160 valence electrons. The van der Waals surface area contributed by atoms with E-state index in [1.807, 2.05) is 36.4 Å². The van der Waals surface area contributed by atoms with Gasteiger partial charge in [0.05, 0.1) is 22.5 Å². The van der Waals surface area contributed by atoms with E-state index in [4.69, 9.17) is 16.3 Å². The Bertz CT molecular complexity index is 1060. The van der Waals surface area contributed by atoms with E-state index in [1.54, 1.807) is 13.1 Å². The van der Waals surface area contributed by atoms with Crippen LogP contribution in [-0.2, 0) is 4.79 Å². The molecule has 0 atom stereocenters. The van der Waals surface area contributed by atoms with E-state index in [-0.39, 0.29) is 11.4 Å². The first-order valence-corrected chi connectivity index (χ1v) is 11.4. The first-order chi connectivity index (χ1) is 14.9. The van der Waals surface area contributed by atoms with Crippen LogP contribution < -0.4 is 10.1 Å². The quantitative estimate of drug-likeness (QED) is 0.560. The molecule has 5 heteroatoms. The maximum atomic E-state index is 11.3. The highest BCUT2D eigenvalue weighted by molar-refractivity contribution is 6.32. The van der Waals surface area contributed by atoms with Crippen molar-refractivity contribution in [1.82, 2.24) is 10.3 Å². The summed E-state index contributed by atoms with van der Waals surface area (Å²) >= 11 is 6.53. The van der Waals surface area contributed by atoms with Gasteiger partial charge in [-0.1, -0.05) is 29.8 Å². The van der Waals surface area contributed by atoms with E-state index in [1.165, 1.54) is 36.8 Å². The lowest BCUT2D eigenvalue weighted by atomic mass is 9.84. The number of aromatic nitrogens is 1. The molecule has 0 bridgehead atoms. The zero-order valence-electron chi connectivity index (χ0n) is 17.8. The van der Waals surface area contributed by atoms with Crippen LogP contribution in [0.3, 0.4) is 0 Å². The van der Waals surface area contributed by atoms with Gasteiger partial charge in [0.15, 0.2) is 0 Å². The van der Waals surface area contributed by atoms with E-state index in [2.05, 4.69) is 22.4 Å². The second kappa shape index (κ2) is 7.83.